The predicted molar refractivity (Wildman–Crippen MR) is 47.8 cm³/mol. The van der Waals surface area contributed by atoms with Crippen LogP contribution in [-0.4, -0.2) is 17.6 Å². The number of alkyl halides is 2. The predicted octanol–water partition coefficient (Wildman–Crippen LogP) is 2.97. The van der Waals surface area contributed by atoms with Gasteiger partial charge in [0.1, 0.15) is 0 Å². The standard InChI is InChI=1S/C10H18F2O/c11-10(12,7-4-8-13)9-5-2-1-3-6-9/h9,13H,1-8H2. The lowest BCUT2D eigenvalue weighted by Gasteiger charge is -2.29. The molecule has 0 radical (unpaired) electrons. The van der Waals surface area contributed by atoms with E-state index in [9.17, 15) is 8.78 Å². The first-order valence-electron chi connectivity index (χ1n) is 5.15. The van der Waals surface area contributed by atoms with Crippen molar-refractivity contribution in [1.29, 1.82) is 0 Å². The third kappa shape index (κ3) is 3.22. The summed E-state index contributed by atoms with van der Waals surface area (Å²) in [6.45, 7) is -0.123. The van der Waals surface area contributed by atoms with Crippen molar-refractivity contribution in [2.75, 3.05) is 6.61 Å². The molecular weight excluding hydrogens is 174 g/mol. The van der Waals surface area contributed by atoms with E-state index < -0.39 is 11.8 Å². The molecule has 1 rings (SSSR count). The molecule has 0 amide bonds. The summed E-state index contributed by atoms with van der Waals surface area (Å²) in [4.78, 5) is 0. The largest absolute Gasteiger partial charge is 0.396 e. The van der Waals surface area contributed by atoms with Crippen molar-refractivity contribution in [2.45, 2.75) is 50.9 Å². The molecule has 78 valence electrons. The molecule has 13 heavy (non-hydrogen) atoms. The van der Waals surface area contributed by atoms with Crippen molar-refractivity contribution in [2.24, 2.45) is 5.92 Å². The maximum absolute atomic E-state index is 13.4. The van der Waals surface area contributed by atoms with Crippen molar-refractivity contribution in [3.05, 3.63) is 0 Å². The molecule has 1 saturated carbocycles. The summed E-state index contributed by atoms with van der Waals surface area (Å²) >= 11 is 0. The van der Waals surface area contributed by atoms with Crippen LogP contribution in [0.25, 0.3) is 0 Å². The number of rotatable bonds is 4. The monoisotopic (exact) mass is 192 g/mol. The van der Waals surface area contributed by atoms with Gasteiger partial charge in [0.2, 0.25) is 0 Å². The summed E-state index contributed by atoms with van der Waals surface area (Å²) in [7, 11) is 0. The molecule has 0 bridgehead atoms. The van der Waals surface area contributed by atoms with Crippen molar-refractivity contribution in [3.8, 4) is 0 Å². The minimum atomic E-state index is -2.54. The van der Waals surface area contributed by atoms with Gasteiger partial charge in [-0.1, -0.05) is 19.3 Å². The number of hydrogen-bond donors (Lipinski definition) is 1. The van der Waals surface area contributed by atoms with Crippen molar-refractivity contribution < 1.29 is 13.9 Å². The second-order valence-electron chi connectivity index (χ2n) is 3.92. The van der Waals surface area contributed by atoms with Crippen LogP contribution < -0.4 is 0 Å². The molecule has 0 aliphatic heterocycles. The van der Waals surface area contributed by atoms with Crippen LogP contribution in [0.2, 0.25) is 0 Å². The minimum Gasteiger partial charge on any atom is -0.396 e. The van der Waals surface area contributed by atoms with Crippen molar-refractivity contribution >= 4 is 0 Å². The lowest BCUT2D eigenvalue weighted by Crippen LogP contribution is -2.30. The molecule has 1 nitrogen and oxygen atoms in total. The zero-order valence-corrected chi connectivity index (χ0v) is 7.94. The van der Waals surface area contributed by atoms with E-state index in [1.165, 1.54) is 0 Å². The van der Waals surface area contributed by atoms with E-state index in [1.807, 2.05) is 0 Å². The Morgan fingerprint density at radius 1 is 1.15 bits per heavy atom. The van der Waals surface area contributed by atoms with Gasteiger partial charge in [-0.05, 0) is 19.3 Å². The van der Waals surface area contributed by atoms with Gasteiger partial charge >= 0.3 is 0 Å². The van der Waals surface area contributed by atoms with Crippen LogP contribution >= 0.6 is 0 Å². The Kier molecular flexibility index (Phi) is 4.10. The van der Waals surface area contributed by atoms with Crippen molar-refractivity contribution in [1.82, 2.24) is 0 Å². The molecule has 1 fully saturated rings. The van der Waals surface area contributed by atoms with E-state index in [0.717, 1.165) is 19.3 Å². The van der Waals surface area contributed by atoms with Gasteiger partial charge in [-0.25, -0.2) is 8.78 Å². The van der Waals surface area contributed by atoms with Crippen LogP contribution in [0.5, 0.6) is 0 Å². The Morgan fingerprint density at radius 2 is 1.77 bits per heavy atom. The van der Waals surface area contributed by atoms with Crippen LogP contribution in [0.3, 0.4) is 0 Å². The quantitative estimate of drug-likeness (QED) is 0.726. The van der Waals surface area contributed by atoms with Gasteiger partial charge in [0.05, 0.1) is 0 Å². The number of aliphatic hydroxyl groups is 1. The average Bonchev–Trinajstić information content (AvgIpc) is 2.16. The molecule has 1 aliphatic rings. The molecule has 1 N–H and O–H groups in total. The molecule has 0 spiro atoms. The molecule has 0 aromatic rings. The SMILES string of the molecule is OCCCC(F)(F)C1CCCCC1. The fraction of sp³-hybridized carbons (Fsp3) is 1.00. The first kappa shape index (κ1) is 10.9. The normalized spacial score (nSPS) is 20.5. The Balaban J connectivity index is 2.36. The highest BCUT2D eigenvalue weighted by Crippen LogP contribution is 2.39. The highest BCUT2D eigenvalue weighted by atomic mass is 19.3. The number of halogens is 2. The summed E-state index contributed by atoms with van der Waals surface area (Å²) in [5, 5.41) is 8.49. The minimum absolute atomic E-state index is 0.123. The molecule has 1 aliphatic carbocycles. The van der Waals surface area contributed by atoms with Gasteiger partial charge in [0.25, 0.3) is 5.92 Å². The first-order chi connectivity index (χ1) is 6.17. The Hall–Kier alpha value is -0.180. The molecule has 3 heteroatoms. The third-order valence-electron chi connectivity index (χ3n) is 2.87. The van der Waals surface area contributed by atoms with E-state index >= 15 is 0 Å². The maximum atomic E-state index is 13.4. The second kappa shape index (κ2) is 4.89. The molecular formula is C10H18F2O. The fourth-order valence-electron chi connectivity index (χ4n) is 2.04. The summed E-state index contributed by atoms with van der Waals surface area (Å²) < 4.78 is 26.8. The van der Waals surface area contributed by atoms with E-state index in [4.69, 9.17) is 5.11 Å². The zero-order chi connectivity index (χ0) is 9.73. The molecule has 0 heterocycles. The summed E-state index contributed by atoms with van der Waals surface area (Å²) in [5.74, 6) is -2.96. The number of aliphatic hydroxyl groups excluding tert-OH is 1. The van der Waals surface area contributed by atoms with Crippen LogP contribution in [0.1, 0.15) is 44.9 Å². The van der Waals surface area contributed by atoms with Gasteiger partial charge in [-0.3, -0.25) is 0 Å². The van der Waals surface area contributed by atoms with Crippen molar-refractivity contribution in [3.63, 3.8) is 0 Å². The molecule has 0 saturated heterocycles. The summed E-state index contributed by atoms with van der Waals surface area (Å²) in [5.41, 5.74) is 0. The highest BCUT2D eigenvalue weighted by molar-refractivity contribution is 4.79. The lowest BCUT2D eigenvalue weighted by molar-refractivity contribution is -0.0806. The molecule has 0 unspecified atom stereocenters. The van der Waals surface area contributed by atoms with Crippen LogP contribution in [-0.2, 0) is 0 Å². The molecule has 0 atom stereocenters. The maximum Gasteiger partial charge on any atom is 0.251 e. The van der Waals surface area contributed by atoms with Crippen LogP contribution in [0.4, 0.5) is 8.78 Å². The smallest absolute Gasteiger partial charge is 0.251 e. The average molecular weight is 192 g/mol. The van der Waals surface area contributed by atoms with Gasteiger partial charge in [-0.15, -0.1) is 0 Å². The fourth-order valence-corrected chi connectivity index (χ4v) is 2.04. The van der Waals surface area contributed by atoms with Gasteiger partial charge in [0, 0.05) is 18.9 Å². The first-order valence-corrected chi connectivity index (χ1v) is 5.15. The van der Waals surface area contributed by atoms with E-state index in [0.29, 0.717) is 12.8 Å². The zero-order valence-electron chi connectivity index (χ0n) is 7.94. The Bertz CT molecular complexity index is 142. The molecule has 0 aromatic heterocycles. The number of hydrogen-bond acceptors (Lipinski definition) is 1. The van der Waals surface area contributed by atoms with E-state index in [-0.39, 0.29) is 19.4 Å². The Morgan fingerprint density at radius 3 is 2.31 bits per heavy atom. The van der Waals surface area contributed by atoms with Gasteiger partial charge < -0.3 is 5.11 Å². The second-order valence-corrected chi connectivity index (χ2v) is 3.92. The van der Waals surface area contributed by atoms with Crippen LogP contribution in [0, 0.1) is 5.92 Å². The summed E-state index contributed by atoms with van der Waals surface area (Å²) in [6.07, 6.45) is 4.40. The van der Waals surface area contributed by atoms with Gasteiger partial charge in [0.15, 0.2) is 0 Å². The van der Waals surface area contributed by atoms with Gasteiger partial charge in [-0.2, -0.15) is 0 Å². The third-order valence-corrected chi connectivity index (χ3v) is 2.87. The van der Waals surface area contributed by atoms with E-state index in [1.54, 1.807) is 0 Å². The van der Waals surface area contributed by atoms with E-state index in [2.05, 4.69) is 0 Å². The highest BCUT2D eigenvalue weighted by Gasteiger charge is 2.38. The Labute approximate surface area is 78.1 Å². The summed E-state index contributed by atoms with van der Waals surface area (Å²) in [6, 6.07) is 0. The lowest BCUT2D eigenvalue weighted by atomic mass is 9.83. The topological polar surface area (TPSA) is 20.2 Å². The van der Waals surface area contributed by atoms with Crippen LogP contribution in [0.15, 0.2) is 0 Å². The molecule has 0 aromatic carbocycles.